The van der Waals surface area contributed by atoms with Crippen molar-refractivity contribution in [3.63, 3.8) is 0 Å². The largest absolute Gasteiger partial charge is 0.460 e. The minimum atomic E-state index is -4.47. The molecule has 0 fully saturated rings. The van der Waals surface area contributed by atoms with Gasteiger partial charge in [0.25, 0.3) is 0 Å². The maximum absolute atomic E-state index is 13.0. The summed E-state index contributed by atoms with van der Waals surface area (Å²) in [5, 5.41) is 0.524. The molecule has 4 nitrogen and oxygen atoms in total. The lowest BCUT2D eigenvalue weighted by Crippen LogP contribution is -2.38. The van der Waals surface area contributed by atoms with Gasteiger partial charge in [-0.05, 0) is 56.2 Å². The third kappa shape index (κ3) is 5.33. The molecule has 0 bridgehead atoms. The van der Waals surface area contributed by atoms with Crippen molar-refractivity contribution in [1.82, 2.24) is 4.90 Å². The van der Waals surface area contributed by atoms with Gasteiger partial charge in [0, 0.05) is 23.1 Å². The fraction of sp³-hybridized carbons (Fsp3) is 0.333. The minimum Gasteiger partial charge on any atom is -0.460 e. The van der Waals surface area contributed by atoms with E-state index in [1.165, 1.54) is 17.0 Å². The lowest BCUT2D eigenvalue weighted by Gasteiger charge is -2.35. The van der Waals surface area contributed by atoms with Crippen LogP contribution >= 0.6 is 11.6 Å². The quantitative estimate of drug-likeness (QED) is 0.501. The van der Waals surface area contributed by atoms with Crippen LogP contribution in [0.25, 0.3) is 0 Å². The van der Waals surface area contributed by atoms with Gasteiger partial charge >= 0.3 is 12.1 Å². The van der Waals surface area contributed by atoms with Gasteiger partial charge in [0.2, 0.25) is 5.91 Å². The van der Waals surface area contributed by atoms with Crippen molar-refractivity contribution < 1.29 is 27.5 Å². The maximum atomic E-state index is 13.0. The molecule has 0 aromatic heterocycles. The monoisotopic (exact) mass is 465 g/mol. The summed E-state index contributed by atoms with van der Waals surface area (Å²) in [5.74, 6) is -1.54. The molecule has 0 radical (unpaired) electrons. The molecule has 32 heavy (non-hydrogen) atoms. The van der Waals surface area contributed by atoms with Crippen LogP contribution in [0, 0.1) is 0 Å². The normalized spacial score (nSPS) is 17.2. The molecular formula is C24H23ClF3NO3. The number of benzene rings is 2. The van der Waals surface area contributed by atoms with E-state index >= 15 is 0 Å². The van der Waals surface area contributed by atoms with Gasteiger partial charge < -0.3 is 9.64 Å². The lowest BCUT2D eigenvalue weighted by molar-refractivity contribution is -0.144. The van der Waals surface area contributed by atoms with Crippen molar-refractivity contribution in [2.75, 3.05) is 0 Å². The number of hydrogen-bond donors (Lipinski definition) is 0. The Kier molecular flexibility index (Phi) is 6.98. The van der Waals surface area contributed by atoms with Gasteiger partial charge in [0.1, 0.15) is 0 Å². The van der Waals surface area contributed by atoms with E-state index < -0.39 is 29.7 Å². The number of nitrogens with zero attached hydrogens (tertiary/aromatic N) is 1. The van der Waals surface area contributed by atoms with Crippen molar-refractivity contribution in [2.45, 2.75) is 51.9 Å². The van der Waals surface area contributed by atoms with Gasteiger partial charge in [-0.25, -0.2) is 4.79 Å². The molecule has 3 rings (SSSR count). The standard InChI is InChI=1S/C24H23ClF3NO3/c1-14(2)32-23(31)22-15(3)29(13-16-5-4-6-19(25)11-16)21(30)12-20(22)17-7-9-18(10-8-17)24(26,27)28/h4-11,14,20H,12-13H2,1-3H3/t20-/m0/s1. The third-order valence-corrected chi connectivity index (χ3v) is 5.49. The number of rotatable bonds is 5. The second-order valence-electron chi connectivity index (χ2n) is 7.94. The Hall–Kier alpha value is -2.80. The maximum Gasteiger partial charge on any atom is 0.416 e. The Bertz CT molecular complexity index is 1050. The summed E-state index contributed by atoms with van der Waals surface area (Å²) in [6.45, 7) is 5.27. The second kappa shape index (κ2) is 9.36. The Morgan fingerprint density at radius 2 is 1.84 bits per heavy atom. The second-order valence-corrected chi connectivity index (χ2v) is 8.38. The molecule has 2 aromatic rings. The number of esters is 1. The van der Waals surface area contributed by atoms with Crippen LogP contribution in [-0.4, -0.2) is 22.9 Å². The summed E-state index contributed by atoms with van der Waals surface area (Å²) in [4.78, 5) is 27.5. The molecule has 170 valence electrons. The Balaban J connectivity index is 2.02. The van der Waals surface area contributed by atoms with Crippen LogP contribution in [0.1, 0.15) is 49.8 Å². The highest BCUT2D eigenvalue weighted by Crippen LogP contribution is 2.39. The predicted octanol–water partition coefficient (Wildman–Crippen LogP) is 6.10. The fourth-order valence-corrected chi connectivity index (χ4v) is 3.97. The number of carbonyl (C=O) groups excluding carboxylic acids is 2. The zero-order valence-corrected chi connectivity index (χ0v) is 18.6. The third-order valence-electron chi connectivity index (χ3n) is 5.26. The molecule has 0 N–H and O–H groups in total. The van der Waals surface area contributed by atoms with E-state index in [9.17, 15) is 22.8 Å². The first-order valence-electron chi connectivity index (χ1n) is 10.1. The first kappa shape index (κ1) is 23.9. The van der Waals surface area contributed by atoms with Crippen LogP contribution in [0.15, 0.2) is 59.8 Å². The fourth-order valence-electron chi connectivity index (χ4n) is 3.75. The summed E-state index contributed by atoms with van der Waals surface area (Å²) in [5.41, 5.74) is 1.12. The van der Waals surface area contributed by atoms with Crippen LogP contribution in [-0.2, 0) is 27.0 Å². The Labute approximate surface area is 189 Å². The van der Waals surface area contributed by atoms with E-state index in [4.69, 9.17) is 16.3 Å². The molecule has 0 aliphatic carbocycles. The summed E-state index contributed by atoms with van der Waals surface area (Å²) in [6.07, 6.45) is -4.93. The Morgan fingerprint density at radius 3 is 2.41 bits per heavy atom. The van der Waals surface area contributed by atoms with Gasteiger partial charge in [0.05, 0.1) is 23.8 Å². The van der Waals surface area contributed by atoms with Crippen molar-refractivity contribution >= 4 is 23.5 Å². The van der Waals surface area contributed by atoms with Gasteiger partial charge in [-0.1, -0.05) is 35.9 Å². The molecule has 2 aromatic carbocycles. The van der Waals surface area contributed by atoms with Crippen LogP contribution in [0.3, 0.4) is 0 Å². The summed E-state index contributed by atoms with van der Waals surface area (Å²) >= 11 is 6.05. The first-order valence-corrected chi connectivity index (χ1v) is 10.5. The van der Waals surface area contributed by atoms with Crippen LogP contribution in [0.2, 0.25) is 5.02 Å². The molecule has 0 spiro atoms. The molecule has 0 unspecified atom stereocenters. The number of hydrogen-bond acceptors (Lipinski definition) is 3. The molecule has 1 aliphatic heterocycles. The van der Waals surface area contributed by atoms with Crippen LogP contribution in [0.5, 0.6) is 0 Å². The van der Waals surface area contributed by atoms with Gasteiger partial charge in [-0.3, -0.25) is 4.79 Å². The number of carbonyl (C=O) groups is 2. The van der Waals surface area contributed by atoms with Crippen molar-refractivity contribution in [3.05, 3.63) is 81.5 Å². The highest BCUT2D eigenvalue weighted by atomic mass is 35.5. The lowest BCUT2D eigenvalue weighted by atomic mass is 9.83. The van der Waals surface area contributed by atoms with E-state index in [-0.39, 0.29) is 24.4 Å². The average molecular weight is 466 g/mol. The molecule has 1 aliphatic rings. The summed E-state index contributed by atoms with van der Waals surface area (Å²) in [6, 6.07) is 11.6. The summed E-state index contributed by atoms with van der Waals surface area (Å²) in [7, 11) is 0. The molecule has 1 heterocycles. The summed E-state index contributed by atoms with van der Waals surface area (Å²) < 4.78 is 44.3. The number of amides is 1. The van der Waals surface area contributed by atoms with Crippen molar-refractivity contribution in [1.29, 1.82) is 0 Å². The molecule has 0 saturated heterocycles. The molecule has 0 saturated carbocycles. The number of halogens is 4. The highest BCUT2D eigenvalue weighted by molar-refractivity contribution is 6.30. The zero-order chi connectivity index (χ0) is 23.6. The number of alkyl halides is 3. The van der Waals surface area contributed by atoms with E-state index in [2.05, 4.69) is 0 Å². The number of allylic oxidation sites excluding steroid dienone is 1. The SMILES string of the molecule is CC1=C(C(=O)OC(C)C)[C@H](c2ccc(C(F)(F)F)cc2)CC(=O)N1Cc1cccc(Cl)c1. The van der Waals surface area contributed by atoms with E-state index in [1.54, 1.807) is 39.0 Å². The molecule has 1 amide bonds. The van der Waals surface area contributed by atoms with Gasteiger partial charge in [-0.15, -0.1) is 0 Å². The van der Waals surface area contributed by atoms with E-state index in [0.29, 0.717) is 16.3 Å². The zero-order valence-electron chi connectivity index (χ0n) is 17.9. The van der Waals surface area contributed by atoms with Gasteiger partial charge in [-0.2, -0.15) is 13.2 Å². The van der Waals surface area contributed by atoms with E-state index in [1.807, 2.05) is 6.07 Å². The highest BCUT2D eigenvalue weighted by Gasteiger charge is 2.38. The van der Waals surface area contributed by atoms with E-state index in [0.717, 1.165) is 17.7 Å². The van der Waals surface area contributed by atoms with Crippen molar-refractivity contribution in [3.8, 4) is 0 Å². The van der Waals surface area contributed by atoms with Crippen LogP contribution < -0.4 is 0 Å². The minimum absolute atomic E-state index is 0.0637. The molecule has 8 heteroatoms. The Morgan fingerprint density at radius 1 is 1.19 bits per heavy atom. The number of ether oxygens (including phenoxy) is 1. The average Bonchev–Trinajstić information content (AvgIpc) is 2.69. The molecule has 1 atom stereocenters. The van der Waals surface area contributed by atoms with Crippen molar-refractivity contribution in [2.24, 2.45) is 0 Å². The topological polar surface area (TPSA) is 46.6 Å². The predicted molar refractivity (Wildman–Crippen MR) is 115 cm³/mol. The molecular weight excluding hydrogens is 443 g/mol. The first-order chi connectivity index (χ1) is 15.0. The van der Waals surface area contributed by atoms with Crippen LogP contribution in [0.4, 0.5) is 13.2 Å². The van der Waals surface area contributed by atoms with Gasteiger partial charge in [0.15, 0.2) is 0 Å². The smallest absolute Gasteiger partial charge is 0.416 e.